The normalized spacial score (nSPS) is 13.7. The Kier molecular flexibility index (Phi) is 4.70. The molecule has 112 valence electrons. The highest BCUT2D eigenvalue weighted by molar-refractivity contribution is 5.91. The van der Waals surface area contributed by atoms with E-state index in [-0.39, 0.29) is 12.4 Å². The number of hydrogen-bond donors (Lipinski definition) is 3. The molecule has 0 aliphatic carbocycles. The van der Waals surface area contributed by atoms with Gasteiger partial charge in [0.2, 0.25) is 5.82 Å². The van der Waals surface area contributed by atoms with Gasteiger partial charge in [-0.05, 0) is 18.9 Å². The standard InChI is InChI=1S/C15H20N4O2/c1-3-7-12-16-13(19-18-12)14(21)17-15(2,10-20)11-8-5-4-6-9-11/h4-6,8-9,20H,3,7,10H2,1-2H3,(H,17,21)(H,16,18,19). The number of nitrogens with one attached hydrogen (secondary N) is 2. The van der Waals surface area contributed by atoms with Gasteiger partial charge >= 0.3 is 0 Å². The number of aromatic nitrogens is 3. The second kappa shape index (κ2) is 6.49. The lowest BCUT2D eigenvalue weighted by Gasteiger charge is -2.28. The fourth-order valence-corrected chi connectivity index (χ4v) is 2.06. The first-order valence-electron chi connectivity index (χ1n) is 6.99. The van der Waals surface area contributed by atoms with Crippen LogP contribution >= 0.6 is 0 Å². The van der Waals surface area contributed by atoms with E-state index >= 15 is 0 Å². The Hall–Kier alpha value is -2.21. The molecule has 0 aliphatic heterocycles. The number of benzene rings is 1. The second-order valence-corrected chi connectivity index (χ2v) is 5.17. The van der Waals surface area contributed by atoms with Crippen molar-refractivity contribution in [2.24, 2.45) is 0 Å². The van der Waals surface area contributed by atoms with Crippen molar-refractivity contribution < 1.29 is 9.90 Å². The largest absolute Gasteiger partial charge is 0.394 e. The van der Waals surface area contributed by atoms with Crippen LogP contribution < -0.4 is 5.32 Å². The van der Waals surface area contributed by atoms with E-state index in [1.807, 2.05) is 37.3 Å². The molecule has 6 nitrogen and oxygen atoms in total. The van der Waals surface area contributed by atoms with Crippen molar-refractivity contribution in [1.29, 1.82) is 0 Å². The van der Waals surface area contributed by atoms with E-state index in [9.17, 15) is 9.90 Å². The third kappa shape index (κ3) is 3.46. The molecular weight excluding hydrogens is 268 g/mol. The zero-order valence-corrected chi connectivity index (χ0v) is 12.3. The maximum Gasteiger partial charge on any atom is 0.291 e. The van der Waals surface area contributed by atoms with Crippen LogP contribution in [0.2, 0.25) is 0 Å². The second-order valence-electron chi connectivity index (χ2n) is 5.17. The van der Waals surface area contributed by atoms with Crippen LogP contribution in [0, 0.1) is 0 Å². The lowest BCUT2D eigenvalue weighted by Crippen LogP contribution is -2.46. The fraction of sp³-hybridized carbons (Fsp3) is 0.400. The van der Waals surface area contributed by atoms with E-state index in [1.165, 1.54) is 0 Å². The van der Waals surface area contributed by atoms with Gasteiger partial charge in [-0.2, -0.15) is 0 Å². The minimum absolute atomic E-state index is 0.0917. The average Bonchev–Trinajstić information content (AvgIpc) is 2.97. The number of aryl methyl sites for hydroxylation is 1. The van der Waals surface area contributed by atoms with Crippen LogP contribution in [0.25, 0.3) is 0 Å². The highest BCUT2D eigenvalue weighted by atomic mass is 16.3. The van der Waals surface area contributed by atoms with Crippen LogP contribution in [-0.2, 0) is 12.0 Å². The molecule has 1 aromatic carbocycles. The van der Waals surface area contributed by atoms with Crippen LogP contribution in [0.5, 0.6) is 0 Å². The van der Waals surface area contributed by atoms with Crippen LogP contribution in [0.3, 0.4) is 0 Å². The highest BCUT2D eigenvalue weighted by Gasteiger charge is 2.29. The van der Waals surface area contributed by atoms with Gasteiger partial charge in [-0.25, -0.2) is 4.98 Å². The monoisotopic (exact) mass is 288 g/mol. The van der Waals surface area contributed by atoms with Gasteiger partial charge in [-0.3, -0.25) is 9.89 Å². The summed E-state index contributed by atoms with van der Waals surface area (Å²) in [6.07, 6.45) is 1.67. The van der Waals surface area contributed by atoms with Gasteiger partial charge in [0, 0.05) is 6.42 Å². The molecule has 1 unspecified atom stereocenters. The van der Waals surface area contributed by atoms with E-state index in [0.29, 0.717) is 5.82 Å². The Morgan fingerprint density at radius 3 is 2.71 bits per heavy atom. The van der Waals surface area contributed by atoms with Crippen molar-refractivity contribution in [1.82, 2.24) is 20.5 Å². The highest BCUT2D eigenvalue weighted by Crippen LogP contribution is 2.20. The summed E-state index contributed by atoms with van der Waals surface area (Å²) in [5.74, 6) is 0.371. The van der Waals surface area contributed by atoms with E-state index in [2.05, 4.69) is 20.5 Å². The summed E-state index contributed by atoms with van der Waals surface area (Å²) < 4.78 is 0. The SMILES string of the molecule is CCCc1nc(C(=O)NC(C)(CO)c2ccccc2)n[nH]1. The van der Waals surface area contributed by atoms with Gasteiger partial charge in [0.25, 0.3) is 5.91 Å². The number of hydrogen-bond acceptors (Lipinski definition) is 4. The molecule has 6 heteroatoms. The minimum atomic E-state index is -0.871. The Bertz CT molecular complexity index is 597. The number of rotatable bonds is 6. The Labute approximate surface area is 123 Å². The number of aliphatic hydroxyl groups excluding tert-OH is 1. The van der Waals surface area contributed by atoms with E-state index in [1.54, 1.807) is 6.92 Å². The first kappa shape index (κ1) is 15.2. The summed E-state index contributed by atoms with van der Waals surface area (Å²) in [6.45, 7) is 3.58. The van der Waals surface area contributed by atoms with E-state index in [0.717, 1.165) is 18.4 Å². The molecule has 2 rings (SSSR count). The predicted molar refractivity (Wildman–Crippen MR) is 78.7 cm³/mol. The number of amides is 1. The predicted octanol–water partition coefficient (Wildman–Crippen LogP) is 1.39. The van der Waals surface area contributed by atoms with Gasteiger partial charge < -0.3 is 10.4 Å². The summed E-state index contributed by atoms with van der Waals surface area (Å²) in [4.78, 5) is 16.4. The molecule has 3 N–H and O–H groups in total. The molecular formula is C15H20N4O2. The topological polar surface area (TPSA) is 90.9 Å². The number of carbonyl (C=O) groups excluding carboxylic acids is 1. The van der Waals surface area contributed by atoms with Gasteiger partial charge in [-0.1, -0.05) is 37.3 Å². The molecule has 0 aliphatic rings. The molecule has 2 aromatic rings. The van der Waals surface area contributed by atoms with Crippen LogP contribution in [0.1, 0.15) is 42.3 Å². The number of nitrogens with zero attached hydrogens (tertiary/aromatic N) is 2. The molecule has 0 fully saturated rings. The maximum atomic E-state index is 12.2. The Morgan fingerprint density at radius 2 is 2.10 bits per heavy atom. The first-order chi connectivity index (χ1) is 10.1. The summed E-state index contributed by atoms with van der Waals surface area (Å²) in [7, 11) is 0. The van der Waals surface area contributed by atoms with Crippen molar-refractivity contribution >= 4 is 5.91 Å². The number of aliphatic hydroxyl groups is 1. The molecule has 1 amide bonds. The van der Waals surface area contributed by atoms with Crippen LogP contribution in [0.4, 0.5) is 0 Å². The molecule has 1 aromatic heterocycles. The molecule has 1 heterocycles. The summed E-state index contributed by atoms with van der Waals surface area (Å²) >= 11 is 0. The third-order valence-corrected chi connectivity index (χ3v) is 3.34. The summed E-state index contributed by atoms with van der Waals surface area (Å²) in [5, 5.41) is 19.1. The lowest BCUT2D eigenvalue weighted by atomic mass is 9.93. The van der Waals surface area contributed by atoms with Gasteiger partial charge in [0.1, 0.15) is 5.82 Å². The number of H-pyrrole nitrogens is 1. The molecule has 0 spiro atoms. The third-order valence-electron chi connectivity index (χ3n) is 3.34. The van der Waals surface area contributed by atoms with Crippen molar-refractivity contribution in [3.8, 4) is 0 Å². The minimum Gasteiger partial charge on any atom is -0.394 e. The fourth-order valence-electron chi connectivity index (χ4n) is 2.06. The molecule has 21 heavy (non-hydrogen) atoms. The quantitative estimate of drug-likeness (QED) is 0.749. The zero-order chi connectivity index (χ0) is 15.3. The first-order valence-corrected chi connectivity index (χ1v) is 6.99. The summed E-state index contributed by atoms with van der Waals surface area (Å²) in [5.41, 5.74) is -0.0469. The smallest absolute Gasteiger partial charge is 0.291 e. The van der Waals surface area contributed by atoms with Crippen LogP contribution in [0.15, 0.2) is 30.3 Å². The summed E-state index contributed by atoms with van der Waals surface area (Å²) in [6, 6.07) is 9.33. The lowest BCUT2D eigenvalue weighted by molar-refractivity contribution is 0.0839. The molecule has 0 bridgehead atoms. The Morgan fingerprint density at radius 1 is 1.38 bits per heavy atom. The average molecular weight is 288 g/mol. The Balaban J connectivity index is 2.15. The van der Waals surface area contributed by atoms with E-state index < -0.39 is 11.4 Å². The van der Waals surface area contributed by atoms with Crippen molar-refractivity contribution in [2.75, 3.05) is 6.61 Å². The number of aromatic amines is 1. The molecule has 0 saturated heterocycles. The number of carbonyl (C=O) groups is 1. The molecule has 0 saturated carbocycles. The van der Waals surface area contributed by atoms with Crippen molar-refractivity contribution in [3.63, 3.8) is 0 Å². The van der Waals surface area contributed by atoms with Crippen molar-refractivity contribution in [2.45, 2.75) is 32.2 Å². The zero-order valence-electron chi connectivity index (χ0n) is 12.3. The van der Waals surface area contributed by atoms with Gasteiger partial charge in [-0.15, -0.1) is 5.10 Å². The molecule has 1 atom stereocenters. The molecule has 0 radical (unpaired) electrons. The van der Waals surface area contributed by atoms with E-state index in [4.69, 9.17) is 0 Å². The van der Waals surface area contributed by atoms with Gasteiger partial charge in [0.05, 0.1) is 12.1 Å². The van der Waals surface area contributed by atoms with Crippen molar-refractivity contribution in [3.05, 3.63) is 47.5 Å². The van der Waals surface area contributed by atoms with Crippen LogP contribution in [-0.4, -0.2) is 32.8 Å². The van der Waals surface area contributed by atoms with Gasteiger partial charge in [0.15, 0.2) is 0 Å². The maximum absolute atomic E-state index is 12.2.